The van der Waals surface area contributed by atoms with E-state index in [4.69, 9.17) is 4.74 Å². The molecule has 1 aliphatic heterocycles. The minimum absolute atomic E-state index is 0.0532. The first-order valence-electron chi connectivity index (χ1n) is 8.04. The Morgan fingerprint density at radius 2 is 1.91 bits per heavy atom. The summed E-state index contributed by atoms with van der Waals surface area (Å²) in [7, 11) is 0. The predicted molar refractivity (Wildman–Crippen MR) is 86.5 cm³/mol. The maximum Gasteiger partial charge on any atom is 0.224 e. The fourth-order valence-electron chi connectivity index (χ4n) is 3.92. The maximum absolute atomic E-state index is 12.6. The SMILES string of the molecule is CSC(=O)C1C2C=CC(C2)C1C(=O)NCCN1CCOCC1. The molecule has 0 aromatic rings. The second-order valence-corrected chi connectivity index (χ2v) is 7.08. The molecule has 1 heterocycles. The van der Waals surface area contributed by atoms with E-state index in [1.807, 2.05) is 6.26 Å². The van der Waals surface area contributed by atoms with Gasteiger partial charge in [-0.05, 0) is 24.5 Å². The van der Waals surface area contributed by atoms with Crippen LogP contribution in [0.15, 0.2) is 12.2 Å². The van der Waals surface area contributed by atoms with Gasteiger partial charge in [0, 0.05) is 32.1 Å². The van der Waals surface area contributed by atoms with Gasteiger partial charge in [0.2, 0.25) is 5.91 Å². The molecule has 3 aliphatic rings. The van der Waals surface area contributed by atoms with Gasteiger partial charge in [-0.3, -0.25) is 14.5 Å². The number of carbonyl (C=O) groups excluding carboxylic acids is 2. The molecular formula is C16H24N2O3S. The number of thioether (sulfide) groups is 1. The molecule has 1 saturated heterocycles. The molecular weight excluding hydrogens is 300 g/mol. The van der Waals surface area contributed by atoms with Crippen molar-refractivity contribution in [1.29, 1.82) is 0 Å². The number of ether oxygens (including phenoxy) is 1. The van der Waals surface area contributed by atoms with Gasteiger partial charge < -0.3 is 10.1 Å². The highest BCUT2D eigenvalue weighted by Crippen LogP contribution is 2.49. The number of hydrogen-bond donors (Lipinski definition) is 1. The smallest absolute Gasteiger partial charge is 0.224 e. The number of carbonyl (C=O) groups is 2. The number of allylic oxidation sites excluding steroid dienone is 2. The van der Waals surface area contributed by atoms with Crippen LogP contribution in [0, 0.1) is 23.7 Å². The Labute approximate surface area is 135 Å². The van der Waals surface area contributed by atoms with Crippen LogP contribution >= 0.6 is 11.8 Å². The van der Waals surface area contributed by atoms with Crippen LogP contribution < -0.4 is 5.32 Å². The van der Waals surface area contributed by atoms with Crippen LogP contribution in [-0.2, 0) is 14.3 Å². The van der Waals surface area contributed by atoms with Gasteiger partial charge >= 0.3 is 0 Å². The molecule has 0 aromatic carbocycles. The molecule has 0 spiro atoms. The van der Waals surface area contributed by atoms with Gasteiger partial charge in [-0.25, -0.2) is 0 Å². The number of rotatable bonds is 5. The van der Waals surface area contributed by atoms with Crippen LogP contribution in [0.25, 0.3) is 0 Å². The molecule has 122 valence electrons. The summed E-state index contributed by atoms with van der Waals surface area (Å²) in [5, 5.41) is 3.21. The normalized spacial score (nSPS) is 34.0. The summed E-state index contributed by atoms with van der Waals surface area (Å²) in [4.78, 5) is 27.0. The summed E-state index contributed by atoms with van der Waals surface area (Å²) in [5.41, 5.74) is 0. The Morgan fingerprint density at radius 3 is 2.59 bits per heavy atom. The summed E-state index contributed by atoms with van der Waals surface area (Å²) in [6, 6.07) is 0. The van der Waals surface area contributed by atoms with Gasteiger partial charge in [0.1, 0.15) is 0 Å². The van der Waals surface area contributed by atoms with E-state index in [1.165, 1.54) is 11.8 Å². The van der Waals surface area contributed by atoms with E-state index in [-0.39, 0.29) is 34.7 Å². The first-order chi connectivity index (χ1) is 10.7. The Balaban J connectivity index is 1.52. The monoisotopic (exact) mass is 324 g/mol. The highest BCUT2D eigenvalue weighted by molar-refractivity contribution is 8.13. The van der Waals surface area contributed by atoms with E-state index in [2.05, 4.69) is 22.4 Å². The summed E-state index contributed by atoms with van der Waals surface area (Å²) in [6.45, 7) is 4.91. The van der Waals surface area contributed by atoms with Crippen LogP contribution in [0.4, 0.5) is 0 Å². The van der Waals surface area contributed by atoms with Gasteiger partial charge in [0.25, 0.3) is 0 Å². The molecule has 22 heavy (non-hydrogen) atoms. The fourth-order valence-corrected chi connectivity index (χ4v) is 4.51. The van der Waals surface area contributed by atoms with Crippen molar-refractivity contribution in [3.8, 4) is 0 Å². The average molecular weight is 324 g/mol. The zero-order valence-electron chi connectivity index (χ0n) is 13.0. The molecule has 2 bridgehead atoms. The van der Waals surface area contributed by atoms with Crippen LogP contribution in [0.2, 0.25) is 0 Å². The molecule has 4 unspecified atom stereocenters. The van der Waals surface area contributed by atoms with Crippen molar-refractivity contribution >= 4 is 22.8 Å². The molecule has 1 N–H and O–H groups in total. The third kappa shape index (κ3) is 3.24. The largest absolute Gasteiger partial charge is 0.379 e. The second-order valence-electron chi connectivity index (χ2n) is 6.27. The molecule has 5 nitrogen and oxygen atoms in total. The summed E-state index contributed by atoms with van der Waals surface area (Å²) >= 11 is 1.25. The minimum Gasteiger partial charge on any atom is -0.379 e. The van der Waals surface area contributed by atoms with Crippen molar-refractivity contribution in [3.63, 3.8) is 0 Å². The fraction of sp³-hybridized carbons (Fsp3) is 0.750. The second kappa shape index (κ2) is 7.15. The molecule has 0 radical (unpaired) electrons. The lowest BCUT2D eigenvalue weighted by Gasteiger charge is -2.28. The zero-order valence-corrected chi connectivity index (χ0v) is 13.8. The van der Waals surface area contributed by atoms with Gasteiger partial charge in [-0.15, -0.1) is 0 Å². The van der Waals surface area contributed by atoms with Crippen LogP contribution in [0.3, 0.4) is 0 Å². The molecule has 2 aliphatic carbocycles. The highest BCUT2D eigenvalue weighted by atomic mass is 32.2. The van der Waals surface area contributed by atoms with Gasteiger partial charge in [0.05, 0.1) is 19.1 Å². The van der Waals surface area contributed by atoms with E-state index in [0.717, 1.165) is 39.3 Å². The lowest BCUT2D eigenvalue weighted by atomic mass is 9.83. The number of fused-ring (bicyclic) bond motifs is 2. The van der Waals surface area contributed by atoms with Crippen molar-refractivity contribution in [2.24, 2.45) is 23.7 Å². The first-order valence-corrected chi connectivity index (χ1v) is 9.27. The van der Waals surface area contributed by atoms with Crippen molar-refractivity contribution in [2.45, 2.75) is 6.42 Å². The zero-order chi connectivity index (χ0) is 15.5. The Kier molecular flexibility index (Phi) is 5.21. The van der Waals surface area contributed by atoms with Crippen molar-refractivity contribution in [1.82, 2.24) is 10.2 Å². The molecule has 1 saturated carbocycles. The van der Waals surface area contributed by atoms with Crippen molar-refractivity contribution in [2.75, 3.05) is 45.6 Å². The molecule has 0 aromatic heterocycles. The molecule has 1 amide bonds. The van der Waals surface area contributed by atoms with E-state index in [1.54, 1.807) is 0 Å². The van der Waals surface area contributed by atoms with Crippen LogP contribution in [-0.4, -0.2) is 61.6 Å². The van der Waals surface area contributed by atoms with Crippen LogP contribution in [0.1, 0.15) is 6.42 Å². The van der Waals surface area contributed by atoms with Crippen molar-refractivity contribution < 1.29 is 14.3 Å². The Bertz CT molecular complexity index is 462. The summed E-state index contributed by atoms with van der Waals surface area (Å²) in [6.07, 6.45) is 7.02. The molecule has 2 fully saturated rings. The number of hydrogen-bond acceptors (Lipinski definition) is 5. The highest BCUT2D eigenvalue weighted by Gasteiger charge is 2.50. The van der Waals surface area contributed by atoms with E-state index < -0.39 is 0 Å². The van der Waals surface area contributed by atoms with Crippen molar-refractivity contribution in [3.05, 3.63) is 12.2 Å². The Morgan fingerprint density at radius 1 is 1.23 bits per heavy atom. The Hall–Kier alpha value is -0.850. The van der Waals surface area contributed by atoms with Gasteiger partial charge in [-0.1, -0.05) is 23.9 Å². The number of nitrogens with zero attached hydrogens (tertiary/aromatic N) is 1. The molecule has 6 heteroatoms. The number of morpholine rings is 1. The summed E-state index contributed by atoms with van der Waals surface area (Å²) in [5.74, 6) is 0.264. The third-order valence-corrected chi connectivity index (χ3v) is 5.74. The minimum atomic E-state index is -0.167. The lowest BCUT2D eigenvalue weighted by molar-refractivity contribution is -0.131. The van der Waals surface area contributed by atoms with E-state index in [0.29, 0.717) is 6.54 Å². The first kappa shape index (κ1) is 16.0. The standard InChI is InChI=1S/C16H24N2O3S/c1-22-16(20)14-12-3-2-11(10-12)13(14)15(19)17-4-5-18-6-8-21-9-7-18/h2-3,11-14H,4-10H2,1H3,(H,17,19). The number of nitrogens with one attached hydrogen (secondary N) is 1. The number of amides is 1. The quantitative estimate of drug-likeness (QED) is 0.757. The summed E-state index contributed by atoms with van der Waals surface area (Å²) < 4.78 is 5.32. The van der Waals surface area contributed by atoms with Crippen LogP contribution in [0.5, 0.6) is 0 Å². The van der Waals surface area contributed by atoms with Gasteiger partial charge in [-0.2, -0.15) is 0 Å². The lowest BCUT2D eigenvalue weighted by Crippen LogP contribution is -2.44. The molecule has 4 atom stereocenters. The van der Waals surface area contributed by atoms with Gasteiger partial charge in [0.15, 0.2) is 5.12 Å². The van der Waals surface area contributed by atoms with E-state index in [9.17, 15) is 9.59 Å². The predicted octanol–water partition coefficient (Wildman–Crippen LogP) is 0.763. The third-order valence-electron chi connectivity index (χ3n) is 5.07. The average Bonchev–Trinajstić information content (AvgIpc) is 3.16. The van der Waals surface area contributed by atoms with E-state index >= 15 is 0 Å². The maximum atomic E-state index is 12.6. The topological polar surface area (TPSA) is 58.6 Å². The molecule has 3 rings (SSSR count).